The van der Waals surface area contributed by atoms with E-state index in [2.05, 4.69) is 35.1 Å². The van der Waals surface area contributed by atoms with Gasteiger partial charge in [0.25, 0.3) is 0 Å². The largest absolute Gasteiger partial charge is 0.522 e. The van der Waals surface area contributed by atoms with Crippen LogP contribution in [0.15, 0.2) is 37.1 Å². The number of halogens is 3. The molecule has 0 atom stereocenters. The maximum atomic E-state index is 12.3. The zero-order valence-corrected chi connectivity index (χ0v) is 15.7. The molecule has 5 rings (SSSR count). The second kappa shape index (κ2) is 7.24. The smallest absolute Gasteiger partial charge is 0.351 e. The molecule has 8 nitrogen and oxygen atoms in total. The molecule has 0 spiro atoms. The van der Waals surface area contributed by atoms with Crippen molar-refractivity contribution >= 4 is 22.6 Å². The molecule has 0 amide bonds. The molecular formula is C19H18F3N7O. The number of rotatable bonds is 4. The fraction of sp³-hybridized carbons (Fsp3) is 0.368. The van der Waals surface area contributed by atoms with E-state index in [0.29, 0.717) is 37.3 Å². The Morgan fingerprint density at radius 2 is 1.97 bits per heavy atom. The van der Waals surface area contributed by atoms with E-state index in [4.69, 9.17) is 0 Å². The van der Waals surface area contributed by atoms with Gasteiger partial charge in [0.15, 0.2) is 5.65 Å². The van der Waals surface area contributed by atoms with Crippen molar-refractivity contribution in [3.8, 4) is 11.1 Å². The van der Waals surface area contributed by atoms with E-state index < -0.39 is 12.5 Å². The molecule has 2 N–H and O–H groups in total. The molecule has 0 radical (unpaired) electrons. The van der Waals surface area contributed by atoms with Gasteiger partial charge in [-0.2, -0.15) is 10.1 Å². The van der Waals surface area contributed by atoms with E-state index in [-0.39, 0.29) is 6.04 Å². The molecule has 1 saturated carbocycles. The van der Waals surface area contributed by atoms with Crippen LogP contribution in [0, 0.1) is 0 Å². The van der Waals surface area contributed by atoms with Gasteiger partial charge in [-0.1, -0.05) is 0 Å². The molecule has 4 heterocycles. The Labute approximate surface area is 168 Å². The standard InChI is InChI=1S/C19H18F3N7O/c20-19(21,22)30-13-4-2-12(3-5-13)27-18-24-8-15-14(7-23-17(15)28-18)11-1-6-16-25-10-26-29(16)9-11/h1,6-10,12-13H,2-5H2,(H2,23,24,27,28)/t12-,13+. The molecule has 0 aromatic carbocycles. The van der Waals surface area contributed by atoms with Crippen LogP contribution in [0.2, 0.25) is 0 Å². The third kappa shape index (κ3) is 3.80. The van der Waals surface area contributed by atoms with Crippen molar-refractivity contribution in [2.24, 2.45) is 0 Å². The summed E-state index contributed by atoms with van der Waals surface area (Å²) < 4.78 is 42.9. The Morgan fingerprint density at radius 1 is 1.13 bits per heavy atom. The quantitative estimate of drug-likeness (QED) is 0.523. The number of hydrogen-bond acceptors (Lipinski definition) is 6. The summed E-state index contributed by atoms with van der Waals surface area (Å²) >= 11 is 0. The molecule has 4 aromatic rings. The van der Waals surface area contributed by atoms with Gasteiger partial charge in [0, 0.05) is 41.1 Å². The molecular weight excluding hydrogens is 399 g/mol. The molecule has 1 fully saturated rings. The Morgan fingerprint density at radius 3 is 2.77 bits per heavy atom. The van der Waals surface area contributed by atoms with Crippen LogP contribution in [0.5, 0.6) is 0 Å². The molecule has 1 aliphatic rings. The van der Waals surface area contributed by atoms with Gasteiger partial charge in [0.05, 0.1) is 6.10 Å². The van der Waals surface area contributed by atoms with Crippen LogP contribution in [0.1, 0.15) is 25.7 Å². The number of anilines is 1. The molecule has 0 bridgehead atoms. The highest BCUT2D eigenvalue weighted by Crippen LogP contribution is 2.30. The summed E-state index contributed by atoms with van der Waals surface area (Å²) in [6.07, 6.45) is 3.44. The van der Waals surface area contributed by atoms with Gasteiger partial charge < -0.3 is 10.3 Å². The number of ether oxygens (including phenoxy) is 1. The molecule has 0 saturated heterocycles. The number of aromatic amines is 1. The Bertz CT molecular complexity index is 1180. The van der Waals surface area contributed by atoms with Crippen molar-refractivity contribution < 1.29 is 17.9 Å². The number of nitrogens with one attached hydrogen (secondary N) is 2. The molecule has 4 aromatic heterocycles. The normalized spacial score (nSPS) is 20.1. The first-order valence-corrected chi connectivity index (χ1v) is 9.59. The first kappa shape index (κ1) is 18.8. The molecule has 0 aliphatic heterocycles. The third-order valence-corrected chi connectivity index (χ3v) is 5.32. The summed E-state index contributed by atoms with van der Waals surface area (Å²) in [7, 11) is 0. The molecule has 156 valence electrons. The summed E-state index contributed by atoms with van der Waals surface area (Å²) in [6.45, 7) is 0. The van der Waals surface area contributed by atoms with Crippen LogP contribution < -0.4 is 5.32 Å². The van der Waals surface area contributed by atoms with Crippen LogP contribution in [-0.2, 0) is 4.74 Å². The minimum Gasteiger partial charge on any atom is -0.351 e. The van der Waals surface area contributed by atoms with Crippen molar-refractivity contribution in [2.45, 2.75) is 44.2 Å². The van der Waals surface area contributed by atoms with E-state index in [1.165, 1.54) is 6.33 Å². The van der Waals surface area contributed by atoms with Crippen molar-refractivity contribution in [3.05, 3.63) is 37.1 Å². The fourth-order valence-corrected chi connectivity index (χ4v) is 3.89. The van der Waals surface area contributed by atoms with E-state index in [1.807, 2.05) is 24.5 Å². The van der Waals surface area contributed by atoms with Crippen molar-refractivity contribution in [1.29, 1.82) is 0 Å². The number of nitrogens with zero attached hydrogens (tertiary/aromatic N) is 5. The lowest BCUT2D eigenvalue weighted by Crippen LogP contribution is -2.33. The average Bonchev–Trinajstić information content (AvgIpc) is 3.34. The van der Waals surface area contributed by atoms with E-state index >= 15 is 0 Å². The third-order valence-electron chi connectivity index (χ3n) is 5.32. The minimum absolute atomic E-state index is 0.0136. The first-order chi connectivity index (χ1) is 14.4. The Kier molecular flexibility index (Phi) is 4.54. The summed E-state index contributed by atoms with van der Waals surface area (Å²) in [5.41, 5.74) is 3.33. The van der Waals surface area contributed by atoms with Gasteiger partial charge >= 0.3 is 6.36 Å². The van der Waals surface area contributed by atoms with Crippen LogP contribution in [-0.4, -0.2) is 48.1 Å². The van der Waals surface area contributed by atoms with Gasteiger partial charge in [-0.05, 0) is 37.8 Å². The highest BCUT2D eigenvalue weighted by atomic mass is 19.4. The molecule has 11 heteroatoms. The van der Waals surface area contributed by atoms with Crippen molar-refractivity contribution in [3.63, 3.8) is 0 Å². The summed E-state index contributed by atoms with van der Waals surface area (Å²) in [5.74, 6) is 0.447. The Hall–Kier alpha value is -3.21. The summed E-state index contributed by atoms with van der Waals surface area (Å²) in [6, 6.07) is 3.86. The van der Waals surface area contributed by atoms with Gasteiger partial charge in [-0.3, -0.25) is 4.74 Å². The maximum absolute atomic E-state index is 12.3. The van der Waals surface area contributed by atoms with Crippen LogP contribution >= 0.6 is 0 Å². The van der Waals surface area contributed by atoms with Crippen LogP contribution in [0.4, 0.5) is 19.1 Å². The van der Waals surface area contributed by atoms with Crippen molar-refractivity contribution in [1.82, 2.24) is 29.5 Å². The van der Waals surface area contributed by atoms with Gasteiger partial charge in [0.2, 0.25) is 5.95 Å². The monoisotopic (exact) mass is 417 g/mol. The Balaban J connectivity index is 1.29. The van der Waals surface area contributed by atoms with Gasteiger partial charge in [0.1, 0.15) is 12.0 Å². The predicted octanol–water partition coefficient (Wildman–Crippen LogP) is 3.93. The zero-order valence-electron chi connectivity index (χ0n) is 15.7. The number of hydrogen-bond donors (Lipinski definition) is 2. The minimum atomic E-state index is -4.58. The first-order valence-electron chi connectivity index (χ1n) is 9.59. The van der Waals surface area contributed by atoms with E-state index in [9.17, 15) is 13.2 Å². The topological polar surface area (TPSA) is 93.0 Å². The lowest BCUT2D eigenvalue weighted by Gasteiger charge is -2.29. The highest BCUT2D eigenvalue weighted by molar-refractivity contribution is 5.93. The number of alkyl halides is 3. The zero-order chi connectivity index (χ0) is 20.7. The van der Waals surface area contributed by atoms with Crippen LogP contribution in [0.3, 0.4) is 0 Å². The summed E-state index contributed by atoms with van der Waals surface area (Å²) in [5, 5.41) is 8.24. The van der Waals surface area contributed by atoms with E-state index in [0.717, 1.165) is 22.2 Å². The van der Waals surface area contributed by atoms with Crippen LogP contribution in [0.25, 0.3) is 27.8 Å². The number of aromatic nitrogens is 6. The predicted molar refractivity (Wildman–Crippen MR) is 103 cm³/mol. The number of H-pyrrole nitrogens is 1. The fourth-order valence-electron chi connectivity index (χ4n) is 3.89. The molecule has 30 heavy (non-hydrogen) atoms. The molecule has 1 aliphatic carbocycles. The van der Waals surface area contributed by atoms with E-state index in [1.54, 1.807) is 10.7 Å². The second-order valence-electron chi connectivity index (χ2n) is 7.32. The van der Waals surface area contributed by atoms with Gasteiger partial charge in [-0.25, -0.2) is 14.5 Å². The lowest BCUT2D eigenvalue weighted by molar-refractivity contribution is -0.345. The molecule has 0 unspecified atom stereocenters. The SMILES string of the molecule is FC(F)(F)O[C@H]1CC[C@@H](Nc2ncc3c(-c4ccc5ncnn5c4)c[nH]c3n2)CC1. The van der Waals surface area contributed by atoms with Gasteiger partial charge in [-0.15, -0.1) is 13.2 Å². The highest BCUT2D eigenvalue weighted by Gasteiger charge is 2.35. The average molecular weight is 417 g/mol. The maximum Gasteiger partial charge on any atom is 0.522 e. The lowest BCUT2D eigenvalue weighted by atomic mass is 9.93. The number of fused-ring (bicyclic) bond motifs is 2. The second-order valence-corrected chi connectivity index (χ2v) is 7.32. The number of pyridine rings is 1. The summed E-state index contributed by atoms with van der Waals surface area (Å²) in [4.78, 5) is 16.2. The van der Waals surface area contributed by atoms with Crippen molar-refractivity contribution in [2.75, 3.05) is 5.32 Å².